The molecule has 0 radical (unpaired) electrons. The predicted octanol–water partition coefficient (Wildman–Crippen LogP) is 4.73. The van der Waals surface area contributed by atoms with Crippen LogP contribution in [0.2, 0.25) is 0 Å². The highest BCUT2D eigenvalue weighted by Gasteiger charge is 2.08. The second-order valence-corrected chi connectivity index (χ2v) is 6.92. The van der Waals surface area contributed by atoms with Crippen LogP contribution in [0.3, 0.4) is 0 Å². The highest BCUT2D eigenvalue weighted by Crippen LogP contribution is 2.23. The maximum atomic E-state index is 12.3. The van der Waals surface area contributed by atoms with Gasteiger partial charge in [-0.05, 0) is 61.9 Å². The van der Waals surface area contributed by atoms with Crippen molar-refractivity contribution in [2.45, 2.75) is 13.8 Å². The molecule has 0 bridgehead atoms. The Bertz CT molecular complexity index is 1170. The number of hydrogen-bond acceptors (Lipinski definition) is 4. The van der Waals surface area contributed by atoms with Gasteiger partial charge in [-0.15, -0.1) is 0 Å². The molecule has 4 rings (SSSR count). The minimum Gasteiger partial charge on any atom is -0.494 e. The third-order valence-corrected chi connectivity index (χ3v) is 4.55. The van der Waals surface area contributed by atoms with Gasteiger partial charge >= 0.3 is 0 Å². The third-order valence-electron chi connectivity index (χ3n) is 4.55. The summed E-state index contributed by atoms with van der Waals surface area (Å²) in [4.78, 5) is 17.0. The monoisotopic (exact) mass is 401 g/mol. The van der Waals surface area contributed by atoms with Crippen LogP contribution in [0.4, 0.5) is 5.69 Å². The van der Waals surface area contributed by atoms with Crippen molar-refractivity contribution in [3.05, 3.63) is 78.6 Å². The van der Waals surface area contributed by atoms with Crippen molar-refractivity contribution in [1.29, 1.82) is 0 Å². The van der Waals surface area contributed by atoms with Gasteiger partial charge < -0.3 is 19.2 Å². The standard InChI is InChI=1S/C24H23N3O3/c1-3-29-20-8-10-21(11-9-20)30-16-24(28)25-19-6-4-5-18(13-19)22-15-27-14-17(2)7-12-23(27)26-22/h4-15H,3,16H2,1-2H3,(H,25,28). The Morgan fingerprint density at radius 2 is 1.77 bits per heavy atom. The molecular formula is C24H23N3O3. The van der Waals surface area contributed by atoms with E-state index in [0.717, 1.165) is 22.7 Å². The Hall–Kier alpha value is -3.80. The van der Waals surface area contributed by atoms with E-state index in [4.69, 9.17) is 9.47 Å². The number of nitrogens with one attached hydrogen (secondary N) is 1. The number of carbonyl (C=O) groups is 1. The van der Waals surface area contributed by atoms with Gasteiger partial charge in [-0.3, -0.25) is 4.79 Å². The topological polar surface area (TPSA) is 64.9 Å². The van der Waals surface area contributed by atoms with Crippen LogP contribution >= 0.6 is 0 Å². The van der Waals surface area contributed by atoms with Gasteiger partial charge in [0.25, 0.3) is 5.91 Å². The van der Waals surface area contributed by atoms with Crippen molar-refractivity contribution in [3.63, 3.8) is 0 Å². The van der Waals surface area contributed by atoms with Crippen LogP contribution in [0.25, 0.3) is 16.9 Å². The molecule has 2 aromatic carbocycles. The van der Waals surface area contributed by atoms with E-state index >= 15 is 0 Å². The smallest absolute Gasteiger partial charge is 0.262 e. The van der Waals surface area contributed by atoms with E-state index in [1.54, 1.807) is 12.1 Å². The number of aryl methyl sites for hydroxylation is 1. The summed E-state index contributed by atoms with van der Waals surface area (Å²) < 4.78 is 13.0. The van der Waals surface area contributed by atoms with E-state index in [2.05, 4.69) is 10.3 Å². The average Bonchev–Trinajstić information content (AvgIpc) is 3.17. The number of amides is 1. The molecule has 0 aliphatic rings. The molecule has 4 aromatic rings. The van der Waals surface area contributed by atoms with Crippen LogP contribution in [0.5, 0.6) is 11.5 Å². The minimum atomic E-state index is -0.230. The Morgan fingerprint density at radius 1 is 1.00 bits per heavy atom. The van der Waals surface area contributed by atoms with Crippen molar-refractivity contribution in [1.82, 2.24) is 9.38 Å². The summed E-state index contributed by atoms with van der Waals surface area (Å²) in [6, 6.07) is 18.8. The van der Waals surface area contributed by atoms with Gasteiger partial charge in [0.1, 0.15) is 17.1 Å². The average molecular weight is 401 g/mol. The van der Waals surface area contributed by atoms with Crippen LogP contribution < -0.4 is 14.8 Å². The van der Waals surface area contributed by atoms with E-state index in [9.17, 15) is 4.79 Å². The lowest BCUT2D eigenvalue weighted by Gasteiger charge is -2.09. The van der Waals surface area contributed by atoms with Gasteiger partial charge in [0.05, 0.1) is 12.3 Å². The normalized spacial score (nSPS) is 10.7. The quantitative estimate of drug-likeness (QED) is 0.486. The number of rotatable bonds is 7. The third kappa shape index (κ3) is 4.60. The first-order chi connectivity index (χ1) is 14.6. The van der Waals surface area contributed by atoms with Gasteiger partial charge in [0.2, 0.25) is 0 Å². The summed E-state index contributed by atoms with van der Waals surface area (Å²) in [5.41, 5.74) is 4.53. The molecule has 0 unspecified atom stereocenters. The molecule has 2 aromatic heterocycles. The fraction of sp³-hybridized carbons (Fsp3) is 0.167. The largest absolute Gasteiger partial charge is 0.494 e. The molecule has 0 aliphatic heterocycles. The van der Waals surface area contributed by atoms with Gasteiger partial charge in [-0.25, -0.2) is 4.98 Å². The highest BCUT2D eigenvalue weighted by molar-refractivity contribution is 5.92. The summed E-state index contributed by atoms with van der Waals surface area (Å²) in [5.74, 6) is 1.15. The number of hydrogen-bond donors (Lipinski definition) is 1. The number of carbonyl (C=O) groups excluding carboxylic acids is 1. The Kier molecular flexibility index (Phi) is 5.66. The molecule has 0 saturated heterocycles. The van der Waals surface area contributed by atoms with Crippen molar-refractivity contribution >= 4 is 17.2 Å². The van der Waals surface area contributed by atoms with Gasteiger partial charge in [0.15, 0.2) is 6.61 Å². The highest BCUT2D eigenvalue weighted by atomic mass is 16.5. The molecule has 0 atom stereocenters. The lowest BCUT2D eigenvalue weighted by Crippen LogP contribution is -2.20. The van der Waals surface area contributed by atoms with E-state index in [1.165, 1.54) is 5.56 Å². The molecule has 2 heterocycles. The van der Waals surface area contributed by atoms with E-state index in [1.807, 2.05) is 79.2 Å². The first kappa shape index (κ1) is 19.5. The molecule has 6 nitrogen and oxygen atoms in total. The summed E-state index contributed by atoms with van der Waals surface area (Å²) in [7, 11) is 0. The fourth-order valence-electron chi connectivity index (χ4n) is 3.14. The molecule has 1 N–H and O–H groups in total. The van der Waals surface area contributed by atoms with E-state index < -0.39 is 0 Å². The molecule has 0 saturated carbocycles. The van der Waals surface area contributed by atoms with Gasteiger partial charge in [-0.2, -0.15) is 0 Å². The maximum Gasteiger partial charge on any atom is 0.262 e. The number of imidazole rings is 1. The lowest BCUT2D eigenvalue weighted by atomic mass is 10.1. The molecule has 6 heteroatoms. The van der Waals surface area contributed by atoms with Crippen molar-refractivity contribution in [3.8, 4) is 22.8 Å². The molecule has 30 heavy (non-hydrogen) atoms. The summed E-state index contributed by atoms with van der Waals surface area (Å²) in [6.45, 7) is 4.51. The molecule has 0 fully saturated rings. The Morgan fingerprint density at radius 3 is 2.53 bits per heavy atom. The van der Waals surface area contributed by atoms with E-state index in [-0.39, 0.29) is 12.5 Å². The molecule has 0 aliphatic carbocycles. The SMILES string of the molecule is CCOc1ccc(OCC(=O)Nc2cccc(-c3cn4cc(C)ccc4n3)c2)cc1. The number of aromatic nitrogens is 2. The second kappa shape index (κ2) is 8.69. The molecule has 152 valence electrons. The zero-order valence-corrected chi connectivity index (χ0v) is 17.0. The maximum absolute atomic E-state index is 12.3. The van der Waals surface area contributed by atoms with Crippen LogP contribution in [0.15, 0.2) is 73.1 Å². The number of anilines is 1. The first-order valence-electron chi connectivity index (χ1n) is 9.82. The predicted molar refractivity (Wildman–Crippen MR) is 117 cm³/mol. The Labute approximate surface area is 175 Å². The van der Waals surface area contributed by atoms with Crippen LogP contribution in [-0.4, -0.2) is 28.5 Å². The lowest BCUT2D eigenvalue weighted by molar-refractivity contribution is -0.118. The molecule has 1 amide bonds. The van der Waals surface area contributed by atoms with Crippen LogP contribution in [0.1, 0.15) is 12.5 Å². The van der Waals surface area contributed by atoms with Crippen LogP contribution in [-0.2, 0) is 4.79 Å². The second-order valence-electron chi connectivity index (χ2n) is 6.92. The van der Waals surface area contributed by atoms with E-state index in [0.29, 0.717) is 18.0 Å². The van der Waals surface area contributed by atoms with Gasteiger partial charge in [0, 0.05) is 23.6 Å². The summed E-state index contributed by atoms with van der Waals surface area (Å²) >= 11 is 0. The number of pyridine rings is 1. The molecular weight excluding hydrogens is 378 g/mol. The zero-order valence-electron chi connectivity index (χ0n) is 17.0. The minimum absolute atomic E-state index is 0.0775. The fourth-order valence-corrected chi connectivity index (χ4v) is 3.14. The van der Waals surface area contributed by atoms with Crippen molar-refractivity contribution in [2.75, 3.05) is 18.5 Å². The number of benzene rings is 2. The number of fused-ring (bicyclic) bond motifs is 1. The summed E-state index contributed by atoms with van der Waals surface area (Å²) in [6.07, 6.45) is 4.02. The zero-order chi connectivity index (χ0) is 20.9. The van der Waals surface area contributed by atoms with Gasteiger partial charge in [-0.1, -0.05) is 18.2 Å². The molecule has 0 spiro atoms. The van der Waals surface area contributed by atoms with Crippen molar-refractivity contribution < 1.29 is 14.3 Å². The number of nitrogens with zero attached hydrogens (tertiary/aromatic N) is 2. The first-order valence-corrected chi connectivity index (χ1v) is 9.82. The van der Waals surface area contributed by atoms with Crippen molar-refractivity contribution in [2.24, 2.45) is 0 Å². The number of ether oxygens (including phenoxy) is 2. The summed E-state index contributed by atoms with van der Waals surface area (Å²) in [5, 5.41) is 2.87. The Balaban J connectivity index is 1.40. The van der Waals surface area contributed by atoms with Crippen LogP contribution in [0, 0.1) is 6.92 Å².